The molecule has 1 atom stereocenters. The number of hydrogen-bond acceptors (Lipinski definition) is 6. The topological polar surface area (TPSA) is 103 Å². The number of carboxylic acid groups (broad SMARTS) is 2. The van der Waals surface area contributed by atoms with E-state index in [1.54, 1.807) is 18.2 Å². The number of carboxylic acids is 2. The number of ether oxygens (including phenoxy) is 1. The van der Waals surface area contributed by atoms with Crippen molar-refractivity contribution in [3.63, 3.8) is 0 Å². The van der Waals surface area contributed by atoms with Gasteiger partial charge in [0.15, 0.2) is 6.10 Å². The van der Waals surface area contributed by atoms with Gasteiger partial charge in [0, 0.05) is 55.2 Å². The highest BCUT2D eigenvalue weighted by Gasteiger charge is 2.36. The summed E-state index contributed by atoms with van der Waals surface area (Å²) in [7, 11) is 0. The smallest absolute Gasteiger partial charge is 0.337 e. The first-order valence-electron chi connectivity index (χ1n) is 16.0. The second-order valence-corrected chi connectivity index (χ2v) is 14.5. The quantitative estimate of drug-likeness (QED) is 0.275. The molecule has 3 aromatic rings. The summed E-state index contributed by atoms with van der Waals surface area (Å²) in [5.74, 6) is -1.92. The molecular weight excluding hydrogens is 566 g/mol. The van der Waals surface area contributed by atoms with Crippen LogP contribution in [0.5, 0.6) is 0 Å². The number of hydrogen-bond donors (Lipinski definition) is 2. The van der Waals surface area contributed by atoms with E-state index in [-0.39, 0.29) is 5.41 Å². The van der Waals surface area contributed by atoms with Gasteiger partial charge in [0.05, 0.1) is 16.9 Å². The summed E-state index contributed by atoms with van der Waals surface area (Å²) >= 11 is 0. The highest BCUT2D eigenvalue weighted by atomic mass is 16.5. The third-order valence-electron chi connectivity index (χ3n) is 9.14. The van der Waals surface area contributed by atoms with Crippen LogP contribution in [-0.2, 0) is 29.0 Å². The van der Waals surface area contributed by atoms with E-state index in [0.717, 1.165) is 73.5 Å². The molecule has 0 radical (unpaired) electrons. The minimum Gasteiger partial charge on any atom is -0.479 e. The van der Waals surface area contributed by atoms with Crippen LogP contribution in [0.15, 0.2) is 42.5 Å². The summed E-state index contributed by atoms with van der Waals surface area (Å²) in [6, 6.07) is 13.8. The number of aryl methyl sites for hydroxylation is 2. The molecule has 2 aliphatic heterocycles. The molecule has 1 aromatic heterocycles. The number of fused-ring (bicyclic) bond motifs is 1. The van der Waals surface area contributed by atoms with E-state index in [2.05, 4.69) is 41.8 Å². The molecule has 2 aromatic carbocycles. The number of piperidine rings is 1. The lowest BCUT2D eigenvalue weighted by Crippen LogP contribution is -2.39. The van der Waals surface area contributed by atoms with Crippen molar-refractivity contribution in [1.82, 2.24) is 9.88 Å². The van der Waals surface area contributed by atoms with Crippen molar-refractivity contribution in [3.05, 3.63) is 81.7 Å². The first-order valence-corrected chi connectivity index (χ1v) is 16.0. The second kappa shape index (κ2) is 12.6. The first kappa shape index (κ1) is 32.6. The molecule has 0 spiro atoms. The number of aliphatic carboxylic acids is 1. The largest absolute Gasteiger partial charge is 0.479 e. The fourth-order valence-corrected chi connectivity index (χ4v) is 6.72. The molecule has 0 aliphatic carbocycles. The molecule has 2 N–H and O–H groups in total. The Bertz CT molecular complexity index is 1600. The van der Waals surface area contributed by atoms with Gasteiger partial charge in [-0.2, -0.15) is 0 Å². The predicted molar refractivity (Wildman–Crippen MR) is 177 cm³/mol. The Balaban J connectivity index is 1.54. The SMILES string of the molecule is Cc1nc(C)c([C@H](OC(C)(C)C)C(=O)O)c(N2CCC(C)(C)CC2)c1-c1ccc2c(c1)CCN(Cc1cccc(C(=O)O)c1)C2. The molecule has 0 bridgehead atoms. The zero-order valence-corrected chi connectivity index (χ0v) is 27.7. The zero-order chi connectivity index (χ0) is 32.7. The van der Waals surface area contributed by atoms with Crippen LogP contribution in [0, 0.1) is 19.3 Å². The molecule has 8 heteroatoms. The standard InChI is InChI=1S/C37H47N3O5/c1-23-30(27-11-12-29-22-39(16-13-26(29)20-27)21-25-9-8-10-28(19-25)34(41)42)32(40-17-14-37(6,7)15-18-40)31(24(2)38-23)33(35(43)44)45-36(3,4)5/h8-12,19-20,33H,13-18,21-22H2,1-7H3,(H,41,42)(H,43,44)/t33-/m0/s1. The number of anilines is 1. The molecule has 0 amide bonds. The Labute approximate surface area is 267 Å². The van der Waals surface area contributed by atoms with Crippen LogP contribution in [-0.4, -0.2) is 57.3 Å². The Morgan fingerprint density at radius 3 is 2.33 bits per heavy atom. The van der Waals surface area contributed by atoms with Crippen LogP contribution in [0.25, 0.3) is 11.1 Å². The van der Waals surface area contributed by atoms with Crippen LogP contribution in [0.1, 0.15) is 97.6 Å². The highest BCUT2D eigenvalue weighted by molar-refractivity contribution is 5.88. The molecule has 3 heterocycles. The summed E-state index contributed by atoms with van der Waals surface area (Å²) in [6.07, 6.45) is 1.75. The fourth-order valence-electron chi connectivity index (χ4n) is 6.72. The van der Waals surface area contributed by atoms with E-state index in [1.807, 2.05) is 40.7 Å². The summed E-state index contributed by atoms with van der Waals surface area (Å²) in [4.78, 5) is 33.9. The van der Waals surface area contributed by atoms with E-state index in [0.29, 0.717) is 23.4 Å². The summed E-state index contributed by atoms with van der Waals surface area (Å²) in [6.45, 7) is 18.2. The number of aromatic nitrogens is 1. The van der Waals surface area contributed by atoms with Gasteiger partial charge in [-0.15, -0.1) is 0 Å². The number of rotatable bonds is 8. The minimum atomic E-state index is -1.15. The number of pyridine rings is 1. The van der Waals surface area contributed by atoms with E-state index >= 15 is 0 Å². The molecule has 240 valence electrons. The molecule has 5 rings (SSSR count). The van der Waals surface area contributed by atoms with Crippen molar-refractivity contribution in [1.29, 1.82) is 0 Å². The molecule has 2 aliphatic rings. The average Bonchev–Trinajstić information content (AvgIpc) is 2.95. The van der Waals surface area contributed by atoms with Gasteiger partial charge in [-0.25, -0.2) is 9.59 Å². The van der Waals surface area contributed by atoms with Gasteiger partial charge in [-0.3, -0.25) is 9.88 Å². The van der Waals surface area contributed by atoms with Gasteiger partial charge in [-0.1, -0.05) is 44.2 Å². The van der Waals surface area contributed by atoms with Crippen LogP contribution in [0.3, 0.4) is 0 Å². The molecule has 0 unspecified atom stereocenters. The Kier molecular flexibility index (Phi) is 9.11. The second-order valence-electron chi connectivity index (χ2n) is 14.5. The van der Waals surface area contributed by atoms with Crippen molar-refractivity contribution in [2.45, 2.75) is 92.5 Å². The first-order chi connectivity index (χ1) is 21.1. The lowest BCUT2D eigenvalue weighted by molar-refractivity contribution is -0.160. The summed E-state index contributed by atoms with van der Waals surface area (Å²) < 4.78 is 6.24. The Morgan fingerprint density at radius 2 is 1.69 bits per heavy atom. The summed E-state index contributed by atoms with van der Waals surface area (Å²) in [5.41, 5.74) is 8.56. The molecule has 45 heavy (non-hydrogen) atoms. The molecule has 0 saturated carbocycles. The Morgan fingerprint density at radius 1 is 0.978 bits per heavy atom. The van der Waals surface area contributed by atoms with Gasteiger partial charge in [0.25, 0.3) is 0 Å². The lowest BCUT2D eigenvalue weighted by atomic mass is 9.81. The highest BCUT2D eigenvalue weighted by Crippen LogP contribution is 2.45. The van der Waals surface area contributed by atoms with E-state index in [1.165, 1.54) is 11.1 Å². The minimum absolute atomic E-state index is 0.231. The lowest BCUT2D eigenvalue weighted by Gasteiger charge is -2.41. The van der Waals surface area contributed by atoms with Crippen LogP contribution < -0.4 is 4.90 Å². The van der Waals surface area contributed by atoms with Gasteiger partial charge >= 0.3 is 11.9 Å². The number of carbonyl (C=O) groups is 2. The van der Waals surface area contributed by atoms with Crippen LogP contribution in [0.2, 0.25) is 0 Å². The van der Waals surface area contributed by atoms with Gasteiger partial charge in [0.1, 0.15) is 0 Å². The number of nitrogens with zero attached hydrogens (tertiary/aromatic N) is 3. The van der Waals surface area contributed by atoms with Crippen LogP contribution >= 0.6 is 0 Å². The summed E-state index contributed by atoms with van der Waals surface area (Å²) in [5, 5.41) is 19.9. The van der Waals surface area contributed by atoms with Gasteiger partial charge in [0.2, 0.25) is 0 Å². The maximum Gasteiger partial charge on any atom is 0.337 e. The third kappa shape index (κ3) is 7.39. The normalized spacial score (nSPS) is 17.5. The third-order valence-corrected chi connectivity index (χ3v) is 9.14. The van der Waals surface area contributed by atoms with Crippen molar-refractivity contribution >= 4 is 17.6 Å². The van der Waals surface area contributed by atoms with Gasteiger partial charge in [-0.05, 0) is 93.7 Å². The van der Waals surface area contributed by atoms with Crippen LogP contribution in [0.4, 0.5) is 5.69 Å². The van der Waals surface area contributed by atoms with E-state index in [4.69, 9.17) is 9.72 Å². The zero-order valence-electron chi connectivity index (χ0n) is 27.7. The maximum absolute atomic E-state index is 12.8. The predicted octanol–water partition coefficient (Wildman–Crippen LogP) is 7.19. The molecule has 1 saturated heterocycles. The van der Waals surface area contributed by atoms with Gasteiger partial charge < -0.3 is 19.8 Å². The maximum atomic E-state index is 12.8. The Hall–Kier alpha value is -3.75. The average molecular weight is 614 g/mol. The van der Waals surface area contributed by atoms with Crippen molar-refractivity contribution in [2.24, 2.45) is 5.41 Å². The van der Waals surface area contributed by atoms with Crippen molar-refractivity contribution in [2.75, 3.05) is 24.5 Å². The van der Waals surface area contributed by atoms with E-state index in [9.17, 15) is 19.8 Å². The molecule has 8 nitrogen and oxygen atoms in total. The van der Waals surface area contributed by atoms with Crippen molar-refractivity contribution < 1.29 is 24.5 Å². The molecular formula is C37H47N3O5. The molecule has 1 fully saturated rings. The number of benzene rings is 2. The number of aromatic carboxylic acids is 1. The van der Waals surface area contributed by atoms with E-state index < -0.39 is 23.6 Å². The fraction of sp³-hybridized carbons (Fsp3) is 0.486. The monoisotopic (exact) mass is 613 g/mol. The van der Waals surface area contributed by atoms with Crippen molar-refractivity contribution in [3.8, 4) is 11.1 Å².